The van der Waals surface area contributed by atoms with Crippen LogP contribution in [0.1, 0.15) is 43.5 Å². The summed E-state index contributed by atoms with van der Waals surface area (Å²) < 4.78 is 26.2. The molecule has 0 unspecified atom stereocenters. The van der Waals surface area contributed by atoms with E-state index >= 15 is 0 Å². The zero-order valence-electron chi connectivity index (χ0n) is 14.3. The monoisotopic (exact) mass is 355 g/mol. The Morgan fingerprint density at radius 3 is 2.36 bits per heavy atom. The fraction of sp³-hybridized carbons (Fsp3) is 0.471. The van der Waals surface area contributed by atoms with E-state index in [1.807, 2.05) is 13.8 Å². The van der Waals surface area contributed by atoms with Crippen LogP contribution in [-0.2, 0) is 9.59 Å². The van der Waals surface area contributed by atoms with E-state index in [1.165, 1.54) is 0 Å². The lowest BCUT2D eigenvalue weighted by Crippen LogP contribution is -2.34. The van der Waals surface area contributed by atoms with Gasteiger partial charge in [0.05, 0.1) is 5.56 Å². The molecule has 0 atom stereocenters. The van der Waals surface area contributed by atoms with Crippen molar-refractivity contribution in [1.82, 2.24) is 16.0 Å². The molecule has 3 amide bonds. The molecule has 1 aromatic carbocycles. The fourth-order valence-electron chi connectivity index (χ4n) is 2.02. The second kappa shape index (κ2) is 10.4. The minimum absolute atomic E-state index is 0.0535. The Morgan fingerprint density at radius 2 is 1.72 bits per heavy atom. The summed E-state index contributed by atoms with van der Waals surface area (Å²) >= 11 is 0. The maximum atomic E-state index is 13.4. The quantitative estimate of drug-likeness (QED) is 0.587. The zero-order valence-corrected chi connectivity index (χ0v) is 14.3. The lowest BCUT2D eigenvalue weighted by molar-refractivity contribution is -0.122. The van der Waals surface area contributed by atoms with Crippen molar-refractivity contribution in [1.29, 1.82) is 0 Å². The predicted octanol–water partition coefficient (Wildman–Crippen LogP) is 1.51. The highest BCUT2D eigenvalue weighted by molar-refractivity contribution is 5.94. The summed E-state index contributed by atoms with van der Waals surface area (Å²) in [5, 5.41) is 7.79. The van der Waals surface area contributed by atoms with Crippen LogP contribution in [0, 0.1) is 11.6 Å². The van der Waals surface area contributed by atoms with Crippen LogP contribution in [0.15, 0.2) is 18.2 Å². The van der Waals surface area contributed by atoms with E-state index in [-0.39, 0.29) is 49.4 Å². The number of hydrogen-bond donors (Lipinski definition) is 3. The second-order valence-electron chi connectivity index (χ2n) is 5.81. The molecule has 0 aromatic heterocycles. The highest BCUT2D eigenvalue weighted by atomic mass is 19.1. The molecule has 0 aliphatic carbocycles. The third kappa shape index (κ3) is 8.23. The molecule has 0 heterocycles. The molecule has 0 saturated carbocycles. The van der Waals surface area contributed by atoms with E-state index in [0.29, 0.717) is 12.5 Å². The van der Waals surface area contributed by atoms with Crippen molar-refractivity contribution in [3.05, 3.63) is 35.4 Å². The topological polar surface area (TPSA) is 87.3 Å². The summed E-state index contributed by atoms with van der Waals surface area (Å²) in [6.07, 6.45) is 0.723. The molecule has 6 nitrogen and oxygen atoms in total. The van der Waals surface area contributed by atoms with Crippen LogP contribution >= 0.6 is 0 Å². The van der Waals surface area contributed by atoms with E-state index in [1.54, 1.807) is 0 Å². The maximum absolute atomic E-state index is 13.4. The normalized spacial score (nSPS) is 10.4. The van der Waals surface area contributed by atoms with Crippen molar-refractivity contribution >= 4 is 17.7 Å². The van der Waals surface area contributed by atoms with Crippen molar-refractivity contribution < 1.29 is 23.2 Å². The van der Waals surface area contributed by atoms with Crippen molar-refractivity contribution in [2.75, 3.05) is 13.1 Å². The Bertz CT molecular complexity index is 621. The van der Waals surface area contributed by atoms with Crippen molar-refractivity contribution in [3.8, 4) is 0 Å². The molecular weight excluding hydrogens is 332 g/mol. The summed E-state index contributed by atoms with van der Waals surface area (Å²) in [6.45, 7) is 4.12. The number of carbonyl (C=O) groups is 3. The molecular formula is C17H23F2N3O3. The highest BCUT2D eigenvalue weighted by Crippen LogP contribution is 2.09. The van der Waals surface area contributed by atoms with E-state index < -0.39 is 17.5 Å². The van der Waals surface area contributed by atoms with Gasteiger partial charge in [0, 0.05) is 38.0 Å². The molecule has 138 valence electrons. The molecule has 0 bridgehead atoms. The van der Waals surface area contributed by atoms with Gasteiger partial charge in [-0.1, -0.05) is 0 Å². The SMILES string of the molecule is CC(C)NC(=O)CCNC(=O)CCCNC(=O)c1ccc(F)cc1F. The first-order valence-electron chi connectivity index (χ1n) is 8.09. The van der Waals surface area contributed by atoms with Crippen molar-refractivity contribution in [2.24, 2.45) is 0 Å². The molecule has 0 aliphatic heterocycles. The number of halogens is 2. The van der Waals surface area contributed by atoms with E-state index in [9.17, 15) is 23.2 Å². The number of nitrogens with one attached hydrogen (secondary N) is 3. The Kier molecular flexibility index (Phi) is 8.52. The molecule has 0 saturated heterocycles. The van der Waals surface area contributed by atoms with Gasteiger partial charge in [0.2, 0.25) is 11.8 Å². The molecule has 0 aliphatic rings. The zero-order chi connectivity index (χ0) is 18.8. The van der Waals surface area contributed by atoms with Gasteiger partial charge in [0.25, 0.3) is 5.91 Å². The van der Waals surface area contributed by atoms with Crippen LogP contribution in [-0.4, -0.2) is 36.9 Å². The van der Waals surface area contributed by atoms with Gasteiger partial charge in [-0.2, -0.15) is 0 Å². The first kappa shape index (κ1) is 20.5. The van der Waals surface area contributed by atoms with Crippen LogP contribution in [0.2, 0.25) is 0 Å². The van der Waals surface area contributed by atoms with Crippen molar-refractivity contribution in [3.63, 3.8) is 0 Å². The van der Waals surface area contributed by atoms with E-state index in [0.717, 1.165) is 12.1 Å². The van der Waals surface area contributed by atoms with Gasteiger partial charge >= 0.3 is 0 Å². The third-order valence-corrected chi connectivity index (χ3v) is 3.17. The van der Waals surface area contributed by atoms with Crippen molar-refractivity contribution in [2.45, 2.75) is 39.2 Å². The summed E-state index contributed by atoms with van der Waals surface area (Å²) in [5.74, 6) is -2.73. The van der Waals surface area contributed by atoms with Crippen LogP contribution in [0.4, 0.5) is 8.78 Å². The fourth-order valence-corrected chi connectivity index (χ4v) is 2.02. The Balaban J connectivity index is 2.19. The number of carbonyl (C=O) groups excluding carboxylic acids is 3. The average Bonchev–Trinajstić information content (AvgIpc) is 2.50. The minimum Gasteiger partial charge on any atom is -0.356 e. The first-order chi connectivity index (χ1) is 11.8. The Labute approximate surface area is 145 Å². The minimum atomic E-state index is -0.935. The lowest BCUT2D eigenvalue weighted by Gasteiger charge is -2.09. The summed E-state index contributed by atoms with van der Waals surface area (Å²) in [4.78, 5) is 34.7. The number of amides is 3. The summed E-state index contributed by atoms with van der Waals surface area (Å²) in [6, 6.07) is 2.76. The molecule has 1 aromatic rings. The second-order valence-corrected chi connectivity index (χ2v) is 5.81. The Hall–Kier alpha value is -2.51. The van der Waals surface area contributed by atoms with Crippen LogP contribution in [0.5, 0.6) is 0 Å². The smallest absolute Gasteiger partial charge is 0.254 e. The molecule has 3 N–H and O–H groups in total. The Morgan fingerprint density at radius 1 is 1.00 bits per heavy atom. The van der Waals surface area contributed by atoms with Gasteiger partial charge < -0.3 is 16.0 Å². The molecule has 0 radical (unpaired) electrons. The first-order valence-corrected chi connectivity index (χ1v) is 8.09. The third-order valence-electron chi connectivity index (χ3n) is 3.17. The molecule has 25 heavy (non-hydrogen) atoms. The standard InChI is InChI=1S/C17H23F2N3O3/c1-11(2)22-16(24)7-9-20-15(23)4-3-8-21-17(25)13-6-5-12(18)10-14(13)19/h5-6,10-11H,3-4,7-9H2,1-2H3,(H,20,23)(H,21,25)(H,22,24). The predicted molar refractivity (Wildman–Crippen MR) is 88.8 cm³/mol. The molecule has 8 heteroatoms. The summed E-state index contributed by atoms with van der Waals surface area (Å²) in [5.41, 5.74) is -0.248. The van der Waals surface area contributed by atoms with Crippen LogP contribution in [0.25, 0.3) is 0 Å². The lowest BCUT2D eigenvalue weighted by atomic mass is 10.2. The number of benzene rings is 1. The van der Waals surface area contributed by atoms with E-state index in [2.05, 4.69) is 16.0 Å². The van der Waals surface area contributed by atoms with Gasteiger partial charge in [0.1, 0.15) is 11.6 Å². The summed E-state index contributed by atoms with van der Waals surface area (Å²) in [7, 11) is 0. The van der Waals surface area contributed by atoms with Gasteiger partial charge in [0.15, 0.2) is 0 Å². The van der Waals surface area contributed by atoms with Gasteiger partial charge in [-0.05, 0) is 32.4 Å². The largest absolute Gasteiger partial charge is 0.356 e. The highest BCUT2D eigenvalue weighted by Gasteiger charge is 2.12. The van der Waals surface area contributed by atoms with Gasteiger partial charge in [-0.3, -0.25) is 14.4 Å². The van der Waals surface area contributed by atoms with Gasteiger partial charge in [-0.25, -0.2) is 8.78 Å². The molecule has 1 rings (SSSR count). The van der Waals surface area contributed by atoms with Gasteiger partial charge in [-0.15, -0.1) is 0 Å². The van der Waals surface area contributed by atoms with Crippen LogP contribution < -0.4 is 16.0 Å². The van der Waals surface area contributed by atoms with Crippen LogP contribution in [0.3, 0.4) is 0 Å². The maximum Gasteiger partial charge on any atom is 0.254 e. The average molecular weight is 355 g/mol. The number of rotatable bonds is 9. The molecule has 0 fully saturated rings. The van der Waals surface area contributed by atoms with E-state index in [4.69, 9.17) is 0 Å². The number of hydrogen-bond acceptors (Lipinski definition) is 3. The molecule has 0 spiro atoms.